The number of ketones is 1. The molecule has 0 saturated carbocycles. The van der Waals surface area contributed by atoms with Gasteiger partial charge in [-0.15, -0.1) is 0 Å². The van der Waals surface area contributed by atoms with Crippen LogP contribution in [-0.4, -0.2) is 10.8 Å². The molecule has 6 heteroatoms. The van der Waals surface area contributed by atoms with Gasteiger partial charge in [0.05, 0.1) is 5.56 Å². The highest BCUT2D eigenvalue weighted by Gasteiger charge is 2.35. The van der Waals surface area contributed by atoms with Gasteiger partial charge < -0.3 is 0 Å². The van der Waals surface area contributed by atoms with Crippen molar-refractivity contribution >= 4 is 21.7 Å². The summed E-state index contributed by atoms with van der Waals surface area (Å²) in [6.45, 7) is 0. The van der Waals surface area contributed by atoms with Gasteiger partial charge in [-0.2, -0.15) is 13.2 Å². The third-order valence-electron chi connectivity index (χ3n) is 2.67. The Morgan fingerprint density at radius 3 is 2.60 bits per heavy atom. The number of hydrogen-bond acceptors (Lipinski definition) is 2. The van der Waals surface area contributed by atoms with E-state index in [9.17, 15) is 18.0 Å². The lowest BCUT2D eigenvalue weighted by molar-refractivity contribution is -0.138. The maximum atomic E-state index is 12.9. The van der Waals surface area contributed by atoms with Crippen LogP contribution in [0.1, 0.15) is 21.5 Å². The fourth-order valence-corrected chi connectivity index (χ4v) is 2.14. The molecule has 0 aliphatic rings. The number of Topliss-reactive ketones (excluding diaryl/α,β-unsaturated/α-hetero) is 1. The number of halogens is 4. The second kappa shape index (κ2) is 5.75. The molecule has 1 aromatic carbocycles. The van der Waals surface area contributed by atoms with Crippen LogP contribution in [0.5, 0.6) is 0 Å². The Morgan fingerprint density at radius 1 is 1.25 bits per heavy atom. The van der Waals surface area contributed by atoms with Crippen LogP contribution in [0, 0.1) is 0 Å². The minimum Gasteiger partial charge on any atom is -0.294 e. The number of carbonyl (C=O) groups is 1. The van der Waals surface area contributed by atoms with Crippen LogP contribution < -0.4 is 0 Å². The molecule has 0 amide bonds. The van der Waals surface area contributed by atoms with Crippen molar-refractivity contribution in [3.05, 3.63) is 63.9 Å². The zero-order valence-corrected chi connectivity index (χ0v) is 11.7. The zero-order chi connectivity index (χ0) is 14.8. The van der Waals surface area contributed by atoms with Crippen molar-refractivity contribution in [1.82, 2.24) is 4.98 Å². The van der Waals surface area contributed by atoms with E-state index in [2.05, 4.69) is 20.9 Å². The van der Waals surface area contributed by atoms with Gasteiger partial charge in [0.2, 0.25) is 0 Å². The highest BCUT2D eigenvalue weighted by molar-refractivity contribution is 9.10. The molecule has 0 bridgehead atoms. The van der Waals surface area contributed by atoms with E-state index in [0.717, 1.165) is 6.07 Å². The molecule has 0 aliphatic carbocycles. The Kier molecular flexibility index (Phi) is 4.23. The Bertz CT molecular complexity index is 626. The van der Waals surface area contributed by atoms with Crippen LogP contribution >= 0.6 is 15.9 Å². The number of aromatic nitrogens is 1. The van der Waals surface area contributed by atoms with E-state index in [0.29, 0.717) is 5.56 Å². The zero-order valence-electron chi connectivity index (χ0n) is 10.1. The van der Waals surface area contributed by atoms with E-state index in [1.807, 2.05) is 0 Å². The summed E-state index contributed by atoms with van der Waals surface area (Å²) in [5, 5.41) is 0. The monoisotopic (exact) mass is 343 g/mol. The molecular weight excluding hydrogens is 335 g/mol. The first-order valence-electron chi connectivity index (χ1n) is 5.67. The third-order valence-corrected chi connectivity index (χ3v) is 3.17. The van der Waals surface area contributed by atoms with Crippen LogP contribution in [0.2, 0.25) is 0 Å². The molecule has 0 radical (unpaired) electrons. The fourth-order valence-electron chi connectivity index (χ4n) is 1.78. The average Bonchev–Trinajstić information content (AvgIpc) is 2.38. The number of rotatable bonds is 3. The standard InChI is InChI=1S/C14H9BrF3NO/c15-10-3-4-11(12(7-10)14(16,17)18)13(20)6-9-2-1-5-19-8-9/h1-5,7-8H,6H2. The lowest BCUT2D eigenvalue weighted by Gasteiger charge is -2.12. The Hall–Kier alpha value is -1.69. The topological polar surface area (TPSA) is 30.0 Å². The molecule has 2 aromatic rings. The van der Waals surface area contributed by atoms with Crippen molar-refractivity contribution in [3.8, 4) is 0 Å². The van der Waals surface area contributed by atoms with E-state index in [1.165, 1.54) is 24.5 Å². The van der Waals surface area contributed by atoms with Crippen LogP contribution in [0.3, 0.4) is 0 Å². The second-order valence-electron chi connectivity index (χ2n) is 4.15. The molecule has 2 rings (SSSR count). The number of carbonyl (C=O) groups excluding carboxylic acids is 1. The summed E-state index contributed by atoms with van der Waals surface area (Å²) in [5.74, 6) is -0.585. The van der Waals surface area contributed by atoms with Gasteiger partial charge >= 0.3 is 6.18 Å². The quantitative estimate of drug-likeness (QED) is 0.778. The fraction of sp³-hybridized carbons (Fsp3) is 0.143. The first kappa shape index (κ1) is 14.7. The molecule has 0 fully saturated rings. The molecule has 2 nitrogen and oxygen atoms in total. The van der Waals surface area contributed by atoms with Gasteiger partial charge in [0.25, 0.3) is 0 Å². The summed E-state index contributed by atoms with van der Waals surface area (Å²) in [4.78, 5) is 15.9. The number of alkyl halides is 3. The Balaban J connectivity index is 2.35. The van der Waals surface area contributed by atoms with Crippen molar-refractivity contribution in [1.29, 1.82) is 0 Å². The van der Waals surface area contributed by atoms with Crippen molar-refractivity contribution < 1.29 is 18.0 Å². The summed E-state index contributed by atoms with van der Waals surface area (Å²) in [5.41, 5.74) is -0.682. The van der Waals surface area contributed by atoms with E-state index in [1.54, 1.807) is 12.1 Å². The largest absolute Gasteiger partial charge is 0.417 e. The van der Waals surface area contributed by atoms with Crippen LogP contribution in [-0.2, 0) is 12.6 Å². The van der Waals surface area contributed by atoms with Crippen molar-refractivity contribution in [2.75, 3.05) is 0 Å². The lowest BCUT2D eigenvalue weighted by atomic mass is 9.99. The first-order chi connectivity index (χ1) is 9.38. The molecule has 1 heterocycles. The summed E-state index contributed by atoms with van der Waals surface area (Å²) in [6, 6.07) is 6.81. The molecule has 20 heavy (non-hydrogen) atoms. The summed E-state index contributed by atoms with van der Waals surface area (Å²) in [7, 11) is 0. The molecule has 104 valence electrons. The average molecular weight is 344 g/mol. The highest BCUT2D eigenvalue weighted by Crippen LogP contribution is 2.34. The normalized spacial score (nSPS) is 11.4. The number of pyridine rings is 1. The van der Waals surface area contributed by atoms with Gasteiger partial charge in [-0.25, -0.2) is 0 Å². The lowest BCUT2D eigenvalue weighted by Crippen LogP contribution is -2.14. The van der Waals surface area contributed by atoms with Gasteiger partial charge in [0.1, 0.15) is 0 Å². The van der Waals surface area contributed by atoms with Crippen LogP contribution in [0.4, 0.5) is 13.2 Å². The van der Waals surface area contributed by atoms with Gasteiger partial charge in [-0.3, -0.25) is 9.78 Å². The van der Waals surface area contributed by atoms with Crippen LogP contribution in [0.25, 0.3) is 0 Å². The highest BCUT2D eigenvalue weighted by atomic mass is 79.9. The van der Waals surface area contributed by atoms with Crippen molar-refractivity contribution in [3.63, 3.8) is 0 Å². The van der Waals surface area contributed by atoms with Gasteiger partial charge in [-0.1, -0.05) is 22.0 Å². The van der Waals surface area contributed by atoms with E-state index in [-0.39, 0.29) is 16.5 Å². The third kappa shape index (κ3) is 3.45. The summed E-state index contributed by atoms with van der Waals surface area (Å²) in [6.07, 6.45) is -1.68. The SMILES string of the molecule is O=C(Cc1cccnc1)c1ccc(Br)cc1C(F)(F)F. The van der Waals surface area contributed by atoms with Gasteiger partial charge in [0.15, 0.2) is 5.78 Å². The molecule has 0 unspecified atom stereocenters. The Morgan fingerprint density at radius 2 is 2.00 bits per heavy atom. The molecule has 0 N–H and O–H groups in total. The molecule has 0 atom stereocenters. The second-order valence-corrected chi connectivity index (χ2v) is 5.06. The van der Waals surface area contributed by atoms with Crippen molar-refractivity contribution in [2.24, 2.45) is 0 Å². The predicted octanol–water partition coefficient (Wildman–Crippen LogP) is 4.29. The van der Waals surface area contributed by atoms with Gasteiger partial charge in [0, 0.05) is 28.9 Å². The Labute approximate surface area is 121 Å². The molecular formula is C14H9BrF3NO. The maximum absolute atomic E-state index is 12.9. The van der Waals surface area contributed by atoms with E-state index in [4.69, 9.17) is 0 Å². The molecule has 0 saturated heterocycles. The number of nitrogens with zero attached hydrogens (tertiary/aromatic N) is 1. The van der Waals surface area contributed by atoms with Crippen molar-refractivity contribution in [2.45, 2.75) is 12.6 Å². The minimum absolute atomic E-state index is 0.113. The predicted molar refractivity (Wildman–Crippen MR) is 71.4 cm³/mol. The smallest absolute Gasteiger partial charge is 0.294 e. The van der Waals surface area contributed by atoms with Gasteiger partial charge in [-0.05, 0) is 29.8 Å². The number of benzene rings is 1. The summed E-state index contributed by atoms with van der Waals surface area (Å²) < 4.78 is 39.1. The number of hydrogen-bond donors (Lipinski definition) is 0. The minimum atomic E-state index is -4.57. The van der Waals surface area contributed by atoms with E-state index >= 15 is 0 Å². The van der Waals surface area contributed by atoms with E-state index < -0.39 is 17.5 Å². The first-order valence-corrected chi connectivity index (χ1v) is 6.46. The molecule has 0 aliphatic heterocycles. The van der Waals surface area contributed by atoms with Crippen LogP contribution in [0.15, 0.2) is 47.2 Å². The molecule has 1 aromatic heterocycles. The summed E-state index contributed by atoms with van der Waals surface area (Å²) >= 11 is 2.98. The maximum Gasteiger partial charge on any atom is 0.417 e. The molecule has 0 spiro atoms.